The van der Waals surface area contributed by atoms with Gasteiger partial charge in [0, 0.05) is 7.11 Å². The smallest absolute Gasteiger partial charge is 0.145 e. The molecule has 0 spiro atoms. The summed E-state index contributed by atoms with van der Waals surface area (Å²) in [6.07, 6.45) is 1.25. The molecule has 0 amide bonds. The van der Waals surface area contributed by atoms with Crippen LogP contribution in [0.5, 0.6) is 0 Å². The van der Waals surface area contributed by atoms with Crippen molar-refractivity contribution >= 4 is 0 Å². The van der Waals surface area contributed by atoms with Crippen LogP contribution in [-0.4, -0.2) is 18.3 Å². The van der Waals surface area contributed by atoms with E-state index in [4.69, 9.17) is 9.15 Å². The molecule has 0 saturated heterocycles. The molecule has 0 aliphatic carbocycles. The van der Waals surface area contributed by atoms with Crippen LogP contribution in [0, 0.1) is 0 Å². The third-order valence-corrected chi connectivity index (χ3v) is 2.17. The molecule has 2 unspecified atom stereocenters. The van der Waals surface area contributed by atoms with E-state index in [2.05, 4.69) is 0 Å². The summed E-state index contributed by atoms with van der Waals surface area (Å²) in [4.78, 5) is 0. The van der Waals surface area contributed by atoms with E-state index < -0.39 is 5.60 Å². The molecule has 68 valence electrons. The molecule has 12 heavy (non-hydrogen) atoms. The van der Waals surface area contributed by atoms with Gasteiger partial charge >= 0.3 is 0 Å². The topological polar surface area (TPSA) is 42.6 Å². The molecular weight excluding hydrogens is 156 g/mol. The highest BCUT2D eigenvalue weighted by Gasteiger charge is 2.33. The lowest BCUT2D eigenvalue weighted by Crippen LogP contribution is -2.35. The van der Waals surface area contributed by atoms with Gasteiger partial charge in [-0.3, -0.25) is 0 Å². The zero-order valence-electron chi connectivity index (χ0n) is 7.57. The first-order chi connectivity index (χ1) is 5.59. The van der Waals surface area contributed by atoms with Crippen LogP contribution in [0.4, 0.5) is 0 Å². The van der Waals surface area contributed by atoms with Crippen LogP contribution >= 0.6 is 0 Å². The monoisotopic (exact) mass is 170 g/mol. The number of ether oxygens (including phenoxy) is 1. The number of hydrogen-bond donors (Lipinski definition) is 1. The summed E-state index contributed by atoms with van der Waals surface area (Å²) in [6, 6.07) is 3.47. The van der Waals surface area contributed by atoms with Crippen molar-refractivity contribution in [3.05, 3.63) is 24.2 Å². The number of furan rings is 1. The van der Waals surface area contributed by atoms with Crippen molar-refractivity contribution in [2.45, 2.75) is 25.6 Å². The Morgan fingerprint density at radius 1 is 1.67 bits per heavy atom. The highest BCUT2D eigenvalue weighted by molar-refractivity contribution is 5.09. The number of aliphatic hydroxyl groups is 1. The summed E-state index contributed by atoms with van der Waals surface area (Å²) in [5, 5.41) is 9.92. The van der Waals surface area contributed by atoms with E-state index >= 15 is 0 Å². The van der Waals surface area contributed by atoms with Crippen LogP contribution in [0.3, 0.4) is 0 Å². The summed E-state index contributed by atoms with van der Waals surface area (Å²) in [5.41, 5.74) is -1.06. The van der Waals surface area contributed by atoms with Gasteiger partial charge in [-0.15, -0.1) is 0 Å². The molecule has 3 heteroatoms. The second-order valence-electron chi connectivity index (χ2n) is 3.00. The first kappa shape index (κ1) is 9.29. The maximum absolute atomic E-state index is 9.92. The van der Waals surface area contributed by atoms with Crippen molar-refractivity contribution in [1.82, 2.24) is 0 Å². The summed E-state index contributed by atoms with van der Waals surface area (Å²) < 4.78 is 10.1. The van der Waals surface area contributed by atoms with E-state index in [0.29, 0.717) is 5.76 Å². The van der Waals surface area contributed by atoms with E-state index in [-0.39, 0.29) is 6.10 Å². The number of hydrogen-bond acceptors (Lipinski definition) is 3. The average Bonchev–Trinajstić information content (AvgIpc) is 2.55. The number of methoxy groups -OCH3 is 1. The molecule has 0 bridgehead atoms. The van der Waals surface area contributed by atoms with Gasteiger partial charge in [-0.25, -0.2) is 0 Å². The predicted molar refractivity (Wildman–Crippen MR) is 44.7 cm³/mol. The highest BCUT2D eigenvalue weighted by atomic mass is 16.5. The minimum atomic E-state index is -1.06. The zero-order chi connectivity index (χ0) is 9.19. The second kappa shape index (κ2) is 3.29. The minimum absolute atomic E-state index is 0.288. The van der Waals surface area contributed by atoms with Gasteiger partial charge in [0.15, 0.2) is 0 Å². The molecule has 1 heterocycles. The van der Waals surface area contributed by atoms with E-state index in [1.807, 2.05) is 0 Å². The summed E-state index contributed by atoms with van der Waals surface area (Å²) >= 11 is 0. The maximum Gasteiger partial charge on any atom is 0.145 e. The highest BCUT2D eigenvalue weighted by Crippen LogP contribution is 2.26. The van der Waals surface area contributed by atoms with Crippen LogP contribution in [-0.2, 0) is 10.3 Å². The van der Waals surface area contributed by atoms with Gasteiger partial charge in [-0.2, -0.15) is 0 Å². The van der Waals surface area contributed by atoms with Crippen LogP contribution < -0.4 is 0 Å². The van der Waals surface area contributed by atoms with Crippen molar-refractivity contribution in [1.29, 1.82) is 0 Å². The SMILES string of the molecule is COC(C)C(C)(O)c1ccco1. The molecule has 1 rings (SSSR count). The fraction of sp³-hybridized carbons (Fsp3) is 0.556. The normalized spacial score (nSPS) is 18.7. The third-order valence-electron chi connectivity index (χ3n) is 2.17. The van der Waals surface area contributed by atoms with Crippen molar-refractivity contribution in [2.24, 2.45) is 0 Å². The van der Waals surface area contributed by atoms with E-state index in [1.54, 1.807) is 33.1 Å². The Labute approximate surface area is 72.0 Å². The summed E-state index contributed by atoms with van der Waals surface area (Å²) in [7, 11) is 1.56. The van der Waals surface area contributed by atoms with Crippen molar-refractivity contribution in [3.8, 4) is 0 Å². The molecule has 1 N–H and O–H groups in total. The zero-order valence-corrected chi connectivity index (χ0v) is 7.57. The van der Waals surface area contributed by atoms with Crippen LogP contribution in [0.1, 0.15) is 19.6 Å². The minimum Gasteiger partial charge on any atom is -0.466 e. The van der Waals surface area contributed by atoms with Gasteiger partial charge in [-0.1, -0.05) is 0 Å². The molecule has 2 atom stereocenters. The Kier molecular flexibility index (Phi) is 2.55. The molecule has 0 aliphatic rings. The molecule has 1 aromatic rings. The summed E-state index contributed by atoms with van der Waals surface area (Å²) in [6.45, 7) is 3.46. The van der Waals surface area contributed by atoms with E-state index in [1.165, 1.54) is 6.26 Å². The van der Waals surface area contributed by atoms with Gasteiger partial charge in [0.2, 0.25) is 0 Å². The molecule has 0 radical (unpaired) electrons. The predicted octanol–water partition coefficient (Wildman–Crippen LogP) is 1.52. The average molecular weight is 170 g/mol. The third kappa shape index (κ3) is 1.52. The van der Waals surface area contributed by atoms with Gasteiger partial charge < -0.3 is 14.3 Å². The Balaban J connectivity index is 2.85. The van der Waals surface area contributed by atoms with Crippen molar-refractivity contribution in [2.75, 3.05) is 7.11 Å². The first-order valence-electron chi connectivity index (χ1n) is 3.88. The molecular formula is C9H14O3. The Bertz CT molecular complexity index is 226. The Morgan fingerprint density at radius 2 is 2.33 bits per heavy atom. The molecule has 0 aliphatic heterocycles. The quantitative estimate of drug-likeness (QED) is 0.747. The van der Waals surface area contributed by atoms with Gasteiger partial charge in [0.05, 0.1) is 12.4 Å². The Morgan fingerprint density at radius 3 is 2.75 bits per heavy atom. The lowest BCUT2D eigenvalue weighted by Gasteiger charge is -2.26. The molecule has 0 fully saturated rings. The van der Waals surface area contributed by atoms with E-state index in [9.17, 15) is 5.11 Å². The van der Waals surface area contributed by atoms with E-state index in [0.717, 1.165) is 0 Å². The standard InChI is InChI=1S/C9H14O3/c1-7(11-3)9(2,10)8-5-4-6-12-8/h4-7,10H,1-3H3. The van der Waals surface area contributed by atoms with Gasteiger partial charge in [0.25, 0.3) is 0 Å². The van der Waals surface area contributed by atoms with Crippen molar-refractivity contribution < 1.29 is 14.3 Å². The molecule has 0 aromatic carbocycles. The van der Waals surface area contributed by atoms with Crippen molar-refractivity contribution in [3.63, 3.8) is 0 Å². The van der Waals surface area contributed by atoms with Crippen LogP contribution in [0.25, 0.3) is 0 Å². The largest absolute Gasteiger partial charge is 0.466 e. The number of rotatable bonds is 3. The first-order valence-corrected chi connectivity index (χ1v) is 3.88. The van der Waals surface area contributed by atoms with Crippen LogP contribution in [0.15, 0.2) is 22.8 Å². The lowest BCUT2D eigenvalue weighted by molar-refractivity contribution is -0.0892. The molecule has 1 aromatic heterocycles. The van der Waals surface area contributed by atoms with Crippen LogP contribution in [0.2, 0.25) is 0 Å². The van der Waals surface area contributed by atoms with Gasteiger partial charge in [-0.05, 0) is 26.0 Å². The second-order valence-corrected chi connectivity index (χ2v) is 3.00. The van der Waals surface area contributed by atoms with Gasteiger partial charge in [0.1, 0.15) is 11.4 Å². The summed E-state index contributed by atoms with van der Waals surface area (Å²) in [5.74, 6) is 0.525. The molecule has 3 nitrogen and oxygen atoms in total. The maximum atomic E-state index is 9.92. The fourth-order valence-electron chi connectivity index (χ4n) is 0.996. The fourth-order valence-corrected chi connectivity index (χ4v) is 0.996. The Hall–Kier alpha value is -0.800. The lowest BCUT2D eigenvalue weighted by atomic mass is 9.97. The molecule has 0 saturated carbocycles.